The van der Waals surface area contributed by atoms with Gasteiger partial charge in [-0.3, -0.25) is 9.59 Å². The fourth-order valence-corrected chi connectivity index (χ4v) is 2.99. The molecule has 1 unspecified atom stereocenters. The number of nitrogens with one attached hydrogen (secondary N) is 1. The minimum Gasteiger partial charge on any atom is -0.345 e. The van der Waals surface area contributed by atoms with E-state index in [1.54, 1.807) is 4.90 Å². The molecule has 106 valence electrons. The van der Waals surface area contributed by atoms with Gasteiger partial charge in [0.25, 0.3) is 0 Å². The molecule has 0 aromatic heterocycles. The van der Waals surface area contributed by atoms with Gasteiger partial charge in [-0.05, 0) is 38.0 Å². The molecule has 1 N–H and O–H groups in total. The van der Waals surface area contributed by atoms with Gasteiger partial charge in [-0.25, -0.2) is 0 Å². The highest BCUT2D eigenvalue weighted by Crippen LogP contribution is 2.22. The molecule has 0 aromatic carbocycles. The largest absolute Gasteiger partial charge is 0.345 e. The topological polar surface area (TPSA) is 49.4 Å². The quantitative estimate of drug-likeness (QED) is 0.788. The predicted molar refractivity (Wildman–Crippen MR) is 74.5 cm³/mol. The third kappa shape index (κ3) is 3.37. The molecule has 2 rings (SSSR count). The summed E-state index contributed by atoms with van der Waals surface area (Å²) in [5.74, 6) is 0.200. The van der Waals surface area contributed by atoms with Crippen molar-refractivity contribution in [2.24, 2.45) is 5.92 Å². The summed E-state index contributed by atoms with van der Waals surface area (Å²) in [6.07, 6.45) is 8.08. The first-order valence-corrected chi connectivity index (χ1v) is 7.34. The van der Waals surface area contributed by atoms with E-state index in [0.29, 0.717) is 6.54 Å². The molecule has 0 bridgehead atoms. The van der Waals surface area contributed by atoms with Gasteiger partial charge in [0.15, 0.2) is 0 Å². The lowest BCUT2D eigenvalue weighted by Gasteiger charge is -2.37. The lowest BCUT2D eigenvalue weighted by atomic mass is 9.95. The first-order chi connectivity index (χ1) is 9.09. The minimum absolute atomic E-state index is 0.00720. The number of nitrogens with zero attached hydrogens (tertiary/aromatic N) is 1. The van der Waals surface area contributed by atoms with Crippen LogP contribution in [0.25, 0.3) is 0 Å². The molecule has 1 aliphatic heterocycles. The molecule has 1 heterocycles. The maximum Gasteiger partial charge on any atom is 0.243 e. The van der Waals surface area contributed by atoms with Crippen LogP contribution in [0, 0.1) is 5.92 Å². The average molecular weight is 264 g/mol. The van der Waals surface area contributed by atoms with Gasteiger partial charge >= 0.3 is 0 Å². The van der Waals surface area contributed by atoms with Gasteiger partial charge in [0.05, 0.1) is 6.54 Å². The normalized spacial score (nSPS) is 24.5. The Labute approximate surface area is 115 Å². The first kappa shape index (κ1) is 14.1. The van der Waals surface area contributed by atoms with E-state index in [-0.39, 0.29) is 30.3 Å². The van der Waals surface area contributed by atoms with E-state index in [9.17, 15) is 9.59 Å². The van der Waals surface area contributed by atoms with Gasteiger partial charge < -0.3 is 10.2 Å². The number of carbonyl (C=O) groups is 2. The van der Waals surface area contributed by atoms with Crippen molar-refractivity contribution in [1.29, 1.82) is 0 Å². The molecule has 19 heavy (non-hydrogen) atoms. The van der Waals surface area contributed by atoms with Crippen LogP contribution < -0.4 is 5.32 Å². The zero-order chi connectivity index (χ0) is 13.8. The van der Waals surface area contributed by atoms with E-state index >= 15 is 0 Å². The van der Waals surface area contributed by atoms with Crippen LogP contribution in [0.15, 0.2) is 11.6 Å². The zero-order valence-corrected chi connectivity index (χ0v) is 11.9. The van der Waals surface area contributed by atoms with E-state index in [0.717, 1.165) is 19.3 Å². The maximum atomic E-state index is 12.0. The fraction of sp³-hybridized carbons (Fsp3) is 0.733. The van der Waals surface area contributed by atoms with Crippen LogP contribution in [-0.2, 0) is 9.59 Å². The number of carbonyl (C=O) groups excluding carboxylic acids is 2. The third-order valence-corrected chi connectivity index (χ3v) is 4.03. The van der Waals surface area contributed by atoms with Gasteiger partial charge in [0.2, 0.25) is 11.8 Å². The Bertz CT molecular complexity index is 388. The summed E-state index contributed by atoms with van der Waals surface area (Å²) in [5, 5.41) is 2.69. The highest BCUT2D eigenvalue weighted by molar-refractivity contribution is 5.94. The summed E-state index contributed by atoms with van der Waals surface area (Å²) in [6, 6.07) is -0.301. The van der Waals surface area contributed by atoms with Crippen molar-refractivity contribution in [1.82, 2.24) is 10.2 Å². The van der Waals surface area contributed by atoms with Crippen molar-refractivity contribution in [3.63, 3.8) is 0 Å². The van der Waals surface area contributed by atoms with Crippen LogP contribution in [0.1, 0.15) is 46.0 Å². The third-order valence-electron chi connectivity index (χ3n) is 4.03. The Morgan fingerprint density at radius 3 is 2.79 bits per heavy atom. The molecule has 0 saturated carbocycles. The van der Waals surface area contributed by atoms with E-state index in [1.807, 2.05) is 13.8 Å². The Morgan fingerprint density at radius 1 is 1.37 bits per heavy atom. The summed E-state index contributed by atoms with van der Waals surface area (Å²) in [5.41, 5.74) is 1.45. The second-order valence-electron chi connectivity index (χ2n) is 5.85. The standard InChI is InChI=1S/C15H24N2O2/c1-11(2)14-15(19)16-10-13(18)17(14)9-8-12-6-4-3-5-7-12/h6,11,14H,3-5,7-10H2,1-2H3,(H,16,19). The highest BCUT2D eigenvalue weighted by Gasteiger charge is 2.36. The van der Waals surface area contributed by atoms with Crippen LogP contribution in [0.5, 0.6) is 0 Å². The van der Waals surface area contributed by atoms with Gasteiger partial charge in [-0.2, -0.15) is 0 Å². The monoisotopic (exact) mass is 264 g/mol. The number of amides is 2. The van der Waals surface area contributed by atoms with Crippen molar-refractivity contribution in [3.05, 3.63) is 11.6 Å². The lowest BCUT2D eigenvalue weighted by Crippen LogP contribution is -2.60. The Kier molecular flexibility index (Phi) is 4.61. The Hall–Kier alpha value is -1.32. The second kappa shape index (κ2) is 6.22. The van der Waals surface area contributed by atoms with Crippen LogP contribution in [0.3, 0.4) is 0 Å². The predicted octanol–water partition coefficient (Wildman–Crippen LogP) is 1.86. The van der Waals surface area contributed by atoms with Crippen LogP contribution >= 0.6 is 0 Å². The zero-order valence-electron chi connectivity index (χ0n) is 11.9. The number of hydrogen-bond acceptors (Lipinski definition) is 2. The van der Waals surface area contributed by atoms with Crippen molar-refractivity contribution in [3.8, 4) is 0 Å². The SMILES string of the molecule is CC(C)C1C(=O)NCC(=O)N1CCC1=CCCCC1. The van der Waals surface area contributed by atoms with Crippen LogP contribution in [0.2, 0.25) is 0 Å². The minimum atomic E-state index is -0.301. The molecule has 1 aliphatic carbocycles. The molecule has 2 amide bonds. The molecule has 0 spiro atoms. The Balaban J connectivity index is 2.00. The molecule has 0 radical (unpaired) electrons. The van der Waals surface area contributed by atoms with Crippen molar-refractivity contribution >= 4 is 11.8 Å². The van der Waals surface area contributed by atoms with Crippen LogP contribution in [0.4, 0.5) is 0 Å². The van der Waals surface area contributed by atoms with Gasteiger partial charge in [-0.15, -0.1) is 0 Å². The highest BCUT2D eigenvalue weighted by atomic mass is 16.2. The van der Waals surface area contributed by atoms with Crippen LogP contribution in [-0.4, -0.2) is 35.8 Å². The molecule has 1 saturated heterocycles. The number of allylic oxidation sites excluding steroid dienone is 1. The molecule has 4 heteroatoms. The van der Waals surface area contributed by atoms with E-state index in [1.165, 1.54) is 18.4 Å². The molecule has 0 aromatic rings. The van der Waals surface area contributed by atoms with E-state index in [4.69, 9.17) is 0 Å². The lowest BCUT2D eigenvalue weighted by molar-refractivity contribution is -0.147. The van der Waals surface area contributed by atoms with Gasteiger partial charge in [-0.1, -0.05) is 25.5 Å². The smallest absolute Gasteiger partial charge is 0.243 e. The summed E-state index contributed by atoms with van der Waals surface area (Å²) >= 11 is 0. The van der Waals surface area contributed by atoms with Gasteiger partial charge in [0.1, 0.15) is 6.04 Å². The summed E-state index contributed by atoms with van der Waals surface area (Å²) < 4.78 is 0. The number of rotatable bonds is 4. The molecular formula is C15H24N2O2. The van der Waals surface area contributed by atoms with Crippen molar-refractivity contribution in [2.75, 3.05) is 13.1 Å². The maximum absolute atomic E-state index is 12.0. The molecule has 2 aliphatic rings. The molecular weight excluding hydrogens is 240 g/mol. The van der Waals surface area contributed by atoms with E-state index < -0.39 is 0 Å². The number of piperazine rings is 1. The van der Waals surface area contributed by atoms with E-state index in [2.05, 4.69) is 11.4 Å². The molecule has 1 atom stereocenters. The summed E-state index contributed by atoms with van der Waals surface area (Å²) in [4.78, 5) is 25.7. The van der Waals surface area contributed by atoms with Crippen molar-refractivity contribution in [2.45, 2.75) is 52.0 Å². The molecule has 1 fully saturated rings. The number of hydrogen-bond donors (Lipinski definition) is 1. The Morgan fingerprint density at radius 2 is 2.16 bits per heavy atom. The first-order valence-electron chi connectivity index (χ1n) is 7.34. The second-order valence-corrected chi connectivity index (χ2v) is 5.85. The van der Waals surface area contributed by atoms with Gasteiger partial charge in [0, 0.05) is 6.54 Å². The average Bonchev–Trinajstić information content (AvgIpc) is 2.40. The van der Waals surface area contributed by atoms with Crippen molar-refractivity contribution < 1.29 is 9.59 Å². The summed E-state index contributed by atoms with van der Waals surface area (Å²) in [6.45, 7) is 4.83. The molecule has 4 nitrogen and oxygen atoms in total. The summed E-state index contributed by atoms with van der Waals surface area (Å²) in [7, 11) is 0. The fourth-order valence-electron chi connectivity index (χ4n) is 2.99.